The Morgan fingerprint density at radius 3 is 2.78 bits per heavy atom. The number of urea groups is 1. The molecule has 1 saturated carbocycles. The number of hydrogen-bond donors (Lipinski definition) is 0. The van der Waals surface area contributed by atoms with E-state index >= 15 is 0 Å². The molecule has 1 aromatic carbocycles. The highest BCUT2D eigenvalue weighted by Gasteiger charge is 2.65. The Balaban J connectivity index is 1.41. The summed E-state index contributed by atoms with van der Waals surface area (Å²) >= 11 is 0. The van der Waals surface area contributed by atoms with Crippen molar-refractivity contribution in [1.82, 2.24) is 9.80 Å². The fourth-order valence-electron chi connectivity index (χ4n) is 5.43. The lowest BCUT2D eigenvalue weighted by molar-refractivity contribution is -0.136. The molecule has 200 valence electrons. The van der Waals surface area contributed by atoms with E-state index in [1.54, 1.807) is 12.0 Å². The molecular weight excluding hydrogens is 474 g/mol. The minimum absolute atomic E-state index is 0.0738. The maximum atomic E-state index is 14.0. The summed E-state index contributed by atoms with van der Waals surface area (Å²) in [6, 6.07) is 7.26. The maximum Gasteiger partial charge on any atom is 0.341 e. The molecule has 0 unspecified atom stereocenters. The maximum absolute atomic E-state index is 14.0. The highest BCUT2D eigenvalue weighted by molar-refractivity contribution is 6.05. The number of ether oxygens (including phenoxy) is 4. The number of rotatable bonds is 7. The number of carbonyl (C=O) groups excluding carboxylic acids is 2. The molecule has 1 aromatic rings. The van der Waals surface area contributed by atoms with Crippen LogP contribution in [-0.4, -0.2) is 79.0 Å². The number of allylic oxidation sites excluding steroid dienone is 1. The Morgan fingerprint density at radius 1 is 1.16 bits per heavy atom. The Kier molecular flexibility index (Phi) is 7.81. The Bertz CT molecular complexity index is 1040. The van der Waals surface area contributed by atoms with Crippen LogP contribution in [0, 0.1) is 5.92 Å². The van der Waals surface area contributed by atoms with Crippen molar-refractivity contribution < 1.29 is 28.5 Å². The smallest absolute Gasteiger partial charge is 0.341 e. The van der Waals surface area contributed by atoms with Gasteiger partial charge in [0.25, 0.3) is 0 Å². The minimum atomic E-state index is -0.812. The summed E-state index contributed by atoms with van der Waals surface area (Å²) in [5.41, 5.74) is 0.215. The van der Waals surface area contributed by atoms with Gasteiger partial charge < -0.3 is 28.7 Å². The molecule has 2 amide bonds. The molecule has 4 atom stereocenters. The van der Waals surface area contributed by atoms with Crippen LogP contribution in [0.25, 0.3) is 0 Å². The molecule has 1 aliphatic carbocycles. The summed E-state index contributed by atoms with van der Waals surface area (Å²) in [6.07, 6.45) is 9.18. The van der Waals surface area contributed by atoms with Crippen LogP contribution in [0.3, 0.4) is 0 Å². The van der Waals surface area contributed by atoms with Crippen molar-refractivity contribution in [3.05, 3.63) is 42.0 Å². The highest BCUT2D eigenvalue weighted by Crippen LogP contribution is 2.52. The topological polar surface area (TPSA) is 89.9 Å². The number of benzene rings is 1. The largest absolute Gasteiger partial charge is 0.497 e. The lowest BCUT2D eigenvalue weighted by Crippen LogP contribution is -2.48. The molecule has 0 N–H and O–H groups in total. The first-order chi connectivity index (χ1) is 18.0. The zero-order chi connectivity index (χ0) is 25.8. The molecule has 1 spiro atoms. The van der Waals surface area contributed by atoms with Crippen molar-refractivity contribution in [2.24, 2.45) is 10.9 Å². The van der Waals surface area contributed by atoms with E-state index in [0.29, 0.717) is 45.0 Å². The predicted octanol–water partition coefficient (Wildman–Crippen LogP) is 3.91. The van der Waals surface area contributed by atoms with Gasteiger partial charge in [0.1, 0.15) is 18.6 Å². The van der Waals surface area contributed by atoms with Gasteiger partial charge in [0.2, 0.25) is 5.90 Å². The van der Waals surface area contributed by atoms with Crippen molar-refractivity contribution in [2.75, 3.05) is 33.6 Å². The van der Waals surface area contributed by atoms with Crippen LogP contribution in [0.5, 0.6) is 5.75 Å². The van der Waals surface area contributed by atoms with E-state index in [0.717, 1.165) is 37.0 Å². The summed E-state index contributed by atoms with van der Waals surface area (Å²) in [4.78, 5) is 35.4. The van der Waals surface area contributed by atoms with Gasteiger partial charge in [0.05, 0.1) is 13.2 Å². The van der Waals surface area contributed by atoms with Crippen molar-refractivity contribution in [2.45, 2.75) is 69.7 Å². The molecule has 37 heavy (non-hydrogen) atoms. The SMILES string of the molecule is CCOCO[C@@H]1C[C@H]2C3=N[C@]4(C[C@H]4/C=C\CCCCCN(Cc4ccc(OC)cc4)C(=O)N2C1)C(=O)O3. The molecule has 0 radical (unpaired) electrons. The van der Waals surface area contributed by atoms with E-state index in [4.69, 9.17) is 23.9 Å². The van der Waals surface area contributed by atoms with Gasteiger partial charge in [-0.05, 0) is 50.3 Å². The van der Waals surface area contributed by atoms with Crippen LogP contribution < -0.4 is 4.74 Å². The average molecular weight is 512 g/mol. The number of esters is 1. The summed E-state index contributed by atoms with van der Waals surface area (Å²) in [7, 11) is 1.64. The van der Waals surface area contributed by atoms with E-state index in [1.165, 1.54) is 0 Å². The van der Waals surface area contributed by atoms with E-state index in [-0.39, 0.29) is 30.8 Å². The van der Waals surface area contributed by atoms with Gasteiger partial charge in [0.15, 0.2) is 5.54 Å². The zero-order valence-corrected chi connectivity index (χ0v) is 21.8. The molecule has 9 nitrogen and oxygen atoms in total. The van der Waals surface area contributed by atoms with Gasteiger partial charge >= 0.3 is 12.0 Å². The van der Waals surface area contributed by atoms with Gasteiger partial charge in [-0.2, -0.15) is 0 Å². The lowest BCUT2D eigenvalue weighted by atomic mass is 10.1. The van der Waals surface area contributed by atoms with Crippen LogP contribution in [0.15, 0.2) is 41.4 Å². The Morgan fingerprint density at radius 2 is 2.00 bits per heavy atom. The highest BCUT2D eigenvalue weighted by atomic mass is 16.7. The minimum Gasteiger partial charge on any atom is -0.497 e. The third kappa shape index (κ3) is 5.52. The van der Waals surface area contributed by atoms with Gasteiger partial charge in [-0.25, -0.2) is 14.6 Å². The molecule has 2 fully saturated rings. The lowest BCUT2D eigenvalue weighted by Gasteiger charge is -2.31. The number of nitrogens with zero attached hydrogens (tertiary/aromatic N) is 3. The molecule has 9 heteroatoms. The van der Waals surface area contributed by atoms with Gasteiger partial charge in [-0.15, -0.1) is 0 Å². The fourth-order valence-corrected chi connectivity index (χ4v) is 5.43. The van der Waals surface area contributed by atoms with Gasteiger partial charge in [-0.1, -0.05) is 30.7 Å². The third-order valence-electron chi connectivity index (χ3n) is 7.70. The van der Waals surface area contributed by atoms with Crippen molar-refractivity contribution >= 4 is 17.9 Å². The molecule has 3 heterocycles. The van der Waals surface area contributed by atoms with Crippen LogP contribution >= 0.6 is 0 Å². The normalized spacial score (nSPS) is 30.5. The van der Waals surface area contributed by atoms with E-state index in [2.05, 4.69) is 12.2 Å². The first-order valence-electron chi connectivity index (χ1n) is 13.4. The summed E-state index contributed by atoms with van der Waals surface area (Å²) in [5.74, 6) is 0.897. The van der Waals surface area contributed by atoms with Crippen LogP contribution in [0.2, 0.25) is 0 Å². The standard InChI is InChI=1S/C28H37N3O6/c1-3-35-19-36-23-15-24-25-29-28(26(32)37-25)16-21(28)9-7-5-4-6-8-14-30(27(33)31(24)18-23)17-20-10-12-22(34-2)13-11-20/h7,9-13,21,23-24H,3-6,8,14-19H2,1-2H3/b9-7-/t21-,23-,24+,28+/m1/s1. The number of carbonyl (C=O) groups is 2. The second-order valence-corrected chi connectivity index (χ2v) is 10.2. The molecule has 5 rings (SSSR count). The second kappa shape index (κ2) is 11.2. The molecule has 2 bridgehead atoms. The Hall–Kier alpha value is -2.91. The molecule has 3 aliphatic heterocycles. The number of aliphatic imine (C=N–C) groups is 1. The van der Waals surface area contributed by atoms with E-state index in [9.17, 15) is 9.59 Å². The number of fused-ring (bicyclic) bond motifs is 2. The first-order valence-corrected chi connectivity index (χ1v) is 13.4. The van der Waals surface area contributed by atoms with Crippen molar-refractivity contribution in [3.8, 4) is 5.75 Å². The predicted molar refractivity (Wildman–Crippen MR) is 137 cm³/mol. The number of methoxy groups -OCH3 is 1. The Labute approximate surface area is 218 Å². The summed E-state index contributed by atoms with van der Waals surface area (Å²) in [6.45, 7) is 4.14. The quantitative estimate of drug-likeness (QED) is 0.239. The number of amides is 2. The molecular formula is C28H37N3O6. The average Bonchev–Trinajstić information content (AvgIpc) is 3.26. The number of hydrogen-bond acceptors (Lipinski definition) is 7. The first kappa shape index (κ1) is 25.7. The van der Waals surface area contributed by atoms with Gasteiger partial charge in [0, 0.05) is 38.6 Å². The second-order valence-electron chi connectivity index (χ2n) is 10.2. The van der Waals surface area contributed by atoms with Crippen LogP contribution in [-0.2, 0) is 25.5 Å². The van der Waals surface area contributed by atoms with Gasteiger partial charge in [-0.3, -0.25) is 0 Å². The van der Waals surface area contributed by atoms with Crippen molar-refractivity contribution in [3.63, 3.8) is 0 Å². The van der Waals surface area contributed by atoms with E-state index in [1.807, 2.05) is 36.1 Å². The fraction of sp³-hybridized carbons (Fsp3) is 0.607. The zero-order valence-electron chi connectivity index (χ0n) is 21.8. The summed E-state index contributed by atoms with van der Waals surface area (Å²) in [5, 5.41) is 0. The van der Waals surface area contributed by atoms with Crippen LogP contribution in [0.4, 0.5) is 4.79 Å². The monoisotopic (exact) mass is 511 g/mol. The van der Waals surface area contributed by atoms with E-state index < -0.39 is 11.6 Å². The summed E-state index contributed by atoms with van der Waals surface area (Å²) < 4.78 is 22.4. The molecule has 4 aliphatic rings. The van der Waals surface area contributed by atoms with Crippen LogP contribution in [0.1, 0.15) is 51.0 Å². The molecule has 1 saturated heterocycles. The van der Waals surface area contributed by atoms with Crippen molar-refractivity contribution in [1.29, 1.82) is 0 Å². The molecule has 0 aromatic heterocycles. The third-order valence-corrected chi connectivity index (χ3v) is 7.70.